The van der Waals surface area contributed by atoms with E-state index in [9.17, 15) is 9.59 Å². The van der Waals surface area contributed by atoms with Gasteiger partial charge >= 0.3 is 0 Å². The molecule has 0 atom stereocenters. The number of rotatable bonds is 7. The topological polar surface area (TPSA) is 55.8 Å². The van der Waals surface area contributed by atoms with Crippen molar-refractivity contribution in [3.05, 3.63) is 61.6 Å². The molecular formula is C23H24INO4S. The number of hydrogen-bond acceptors (Lipinski definition) is 5. The molecule has 1 fully saturated rings. The van der Waals surface area contributed by atoms with Gasteiger partial charge in [0.2, 0.25) is 0 Å². The minimum Gasteiger partial charge on any atom is -0.496 e. The number of benzene rings is 2. The molecule has 1 heterocycles. The minimum atomic E-state index is -0.284. The molecule has 158 valence electrons. The molecule has 0 saturated carbocycles. The fourth-order valence-corrected chi connectivity index (χ4v) is 4.73. The summed E-state index contributed by atoms with van der Waals surface area (Å²) in [6.07, 6.45) is 1.74. The smallest absolute Gasteiger partial charge is 0.293 e. The molecule has 3 rings (SSSR count). The second-order valence-electron chi connectivity index (χ2n) is 7.27. The molecule has 30 heavy (non-hydrogen) atoms. The molecule has 5 nitrogen and oxygen atoms in total. The molecule has 1 aliphatic rings. The highest BCUT2D eigenvalue weighted by molar-refractivity contribution is 14.1. The number of ether oxygens (including phenoxy) is 2. The summed E-state index contributed by atoms with van der Waals surface area (Å²) >= 11 is 3.14. The Morgan fingerprint density at radius 3 is 2.57 bits per heavy atom. The van der Waals surface area contributed by atoms with E-state index in [-0.39, 0.29) is 24.3 Å². The summed E-state index contributed by atoms with van der Waals surface area (Å²) in [5, 5.41) is -0.272. The Morgan fingerprint density at radius 1 is 1.13 bits per heavy atom. The van der Waals surface area contributed by atoms with Crippen LogP contribution in [0.1, 0.15) is 36.5 Å². The lowest BCUT2D eigenvalue weighted by molar-refractivity contribution is -0.123. The Kier molecular flexibility index (Phi) is 7.46. The third-order valence-corrected chi connectivity index (χ3v) is 6.46. The molecular weight excluding hydrogens is 513 g/mol. The van der Waals surface area contributed by atoms with Crippen LogP contribution in [0.25, 0.3) is 6.08 Å². The van der Waals surface area contributed by atoms with Crippen LogP contribution in [-0.4, -0.2) is 36.3 Å². The van der Waals surface area contributed by atoms with Crippen LogP contribution in [0.3, 0.4) is 0 Å². The van der Waals surface area contributed by atoms with Crippen molar-refractivity contribution in [2.45, 2.75) is 26.7 Å². The molecule has 2 amide bonds. The predicted octanol–water partition coefficient (Wildman–Crippen LogP) is 5.85. The van der Waals surface area contributed by atoms with Crippen LogP contribution in [0.2, 0.25) is 0 Å². The summed E-state index contributed by atoms with van der Waals surface area (Å²) in [5.74, 6) is 1.62. The molecule has 2 aromatic rings. The van der Waals surface area contributed by atoms with Crippen molar-refractivity contribution < 1.29 is 19.1 Å². The van der Waals surface area contributed by atoms with Crippen LogP contribution in [0.15, 0.2) is 41.3 Å². The van der Waals surface area contributed by atoms with Crippen molar-refractivity contribution in [2.75, 3.05) is 20.3 Å². The van der Waals surface area contributed by atoms with E-state index in [4.69, 9.17) is 9.47 Å². The van der Waals surface area contributed by atoms with Crippen LogP contribution in [0.4, 0.5) is 4.79 Å². The fourth-order valence-electron chi connectivity index (χ4n) is 3.11. The SMILES string of the molecule is COc1ccc(/C=C2\SC(=O)N(CCOc3cc(C)ccc3C(C)C)C2=O)cc1I. The summed E-state index contributed by atoms with van der Waals surface area (Å²) in [4.78, 5) is 26.8. The highest BCUT2D eigenvalue weighted by Crippen LogP contribution is 2.33. The lowest BCUT2D eigenvalue weighted by Gasteiger charge is -2.17. The molecule has 7 heteroatoms. The van der Waals surface area contributed by atoms with Crippen molar-refractivity contribution in [3.8, 4) is 11.5 Å². The molecule has 0 aromatic heterocycles. The minimum absolute atomic E-state index is 0.216. The average Bonchev–Trinajstić information content (AvgIpc) is 2.95. The van der Waals surface area contributed by atoms with E-state index >= 15 is 0 Å². The zero-order chi connectivity index (χ0) is 21.8. The first-order valence-corrected chi connectivity index (χ1v) is 11.5. The lowest BCUT2D eigenvalue weighted by atomic mass is 10.0. The predicted molar refractivity (Wildman–Crippen MR) is 129 cm³/mol. The second kappa shape index (κ2) is 9.87. The zero-order valence-electron chi connectivity index (χ0n) is 17.4. The molecule has 0 spiro atoms. The van der Waals surface area contributed by atoms with Crippen LogP contribution >= 0.6 is 34.4 Å². The van der Waals surface area contributed by atoms with Gasteiger partial charge in [-0.15, -0.1) is 0 Å². The number of imide groups is 1. The molecule has 0 N–H and O–H groups in total. The summed E-state index contributed by atoms with van der Waals surface area (Å²) in [6.45, 7) is 6.71. The maximum Gasteiger partial charge on any atom is 0.293 e. The number of nitrogens with zero attached hydrogens (tertiary/aromatic N) is 1. The largest absolute Gasteiger partial charge is 0.496 e. The standard InChI is InChI=1S/C23H24INO4S/c1-14(2)17-7-5-15(3)11-20(17)29-10-9-25-22(26)21(30-23(25)27)13-16-6-8-19(28-4)18(24)12-16/h5-8,11-14H,9-10H2,1-4H3/b21-13-. The van der Waals surface area contributed by atoms with Gasteiger partial charge in [0, 0.05) is 0 Å². The summed E-state index contributed by atoms with van der Waals surface area (Å²) in [5.41, 5.74) is 3.07. The van der Waals surface area contributed by atoms with Gasteiger partial charge < -0.3 is 9.47 Å². The number of carbonyl (C=O) groups is 2. The fraction of sp³-hybridized carbons (Fsp3) is 0.304. The van der Waals surface area contributed by atoms with Gasteiger partial charge in [-0.1, -0.05) is 32.0 Å². The first kappa shape index (κ1) is 22.7. The van der Waals surface area contributed by atoms with Crippen LogP contribution in [-0.2, 0) is 4.79 Å². The van der Waals surface area contributed by atoms with Gasteiger partial charge in [0.1, 0.15) is 18.1 Å². The molecule has 1 saturated heterocycles. The van der Waals surface area contributed by atoms with Gasteiger partial charge in [-0.3, -0.25) is 14.5 Å². The average molecular weight is 537 g/mol. The molecule has 1 aliphatic heterocycles. The van der Waals surface area contributed by atoms with Crippen molar-refractivity contribution >= 4 is 51.6 Å². The number of amides is 2. The molecule has 0 radical (unpaired) electrons. The molecule has 0 unspecified atom stereocenters. The van der Waals surface area contributed by atoms with E-state index in [2.05, 4.69) is 48.6 Å². The number of hydrogen-bond donors (Lipinski definition) is 0. The Balaban J connectivity index is 1.67. The van der Waals surface area contributed by atoms with Crippen molar-refractivity contribution in [2.24, 2.45) is 0 Å². The Morgan fingerprint density at radius 2 is 1.90 bits per heavy atom. The number of aryl methyl sites for hydroxylation is 1. The first-order chi connectivity index (χ1) is 14.3. The highest BCUT2D eigenvalue weighted by atomic mass is 127. The van der Waals surface area contributed by atoms with Gasteiger partial charge in [0.05, 0.1) is 22.1 Å². The summed E-state index contributed by atoms with van der Waals surface area (Å²) < 4.78 is 12.1. The summed E-state index contributed by atoms with van der Waals surface area (Å²) in [6, 6.07) is 11.7. The van der Waals surface area contributed by atoms with Gasteiger partial charge in [0.15, 0.2) is 0 Å². The summed E-state index contributed by atoms with van der Waals surface area (Å²) in [7, 11) is 1.62. The zero-order valence-corrected chi connectivity index (χ0v) is 20.4. The van der Waals surface area contributed by atoms with Gasteiger partial charge in [-0.2, -0.15) is 0 Å². The molecule has 0 bridgehead atoms. The van der Waals surface area contributed by atoms with Gasteiger partial charge in [-0.05, 0) is 88.2 Å². The quantitative estimate of drug-likeness (QED) is 0.328. The first-order valence-electron chi connectivity index (χ1n) is 9.62. The molecule has 0 aliphatic carbocycles. The van der Waals surface area contributed by atoms with Gasteiger partial charge in [0.25, 0.3) is 11.1 Å². The van der Waals surface area contributed by atoms with E-state index in [1.165, 1.54) is 4.90 Å². The van der Waals surface area contributed by atoms with Crippen molar-refractivity contribution in [1.82, 2.24) is 4.90 Å². The van der Waals surface area contributed by atoms with E-state index < -0.39 is 0 Å². The second-order valence-corrected chi connectivity index (χ2v) is 9.43. The lowest BCUT2D eigenvalue weighted by Crippen LogP contribution is -2.32. The Bertz CT molecular complexity index is 1000. The van der Waals surface area contributed by atoms with Crippen molar-refractivity contribution in [1.29, 1.82) is 0 Å². The maximum atomic E-state index is 12.7. The Hall–Kier alpha value is -2.00. The highest BCUT2D eigenvalue weighted by Gasteiger charge is 2.34. The monoisotopic (exact) mass is 537 g/mol. The van der Waals surface area contributed by atoms with Crippen LogP contribution < -0.4 is 9.47 Å². The molecule has 2 aromatic carbocycles. The van der Waals surface area contributed by atoms with E-state index in [0.29, 0.717) is 10.8 Å². The van der Waals surface area contributed by atoms with Crippen LogP contribution in [0.5, 0.6) is 11.5 Å². The number of thioether (sulfide) groups is 1. The van der Waals surface area contributed by atoms with Crippen LogP contribution in [0, 0.1) is 10.5 Å². The van der Waals surface area contributed by atoms with E-state index in [0.717, 1.165) is 43.5 Å². The van der Waals surface area contributed by atoms with E-state index in [1.807, 2.05) is 31.2 Å². The number of methoxy groups -OCH3 is 1. The van der Waals surface area contributed by atoms with E-state index in [1.54, 1.807) is 13.2 Å². The third kappa shape index (κ3) is 5.18. The number of halogens is 1. The van der Waals surface area contributed by atoms with Crippen molar-refractivity contribution in [3.63, 3.8) is 0 Å². The van der Waals surface area contributed by atoms with Gasteiger partial charge in [-0.25, -0.2) is 0 Å². The number of carbonyl (C=O) groups excluding carboxylic acids is 2. The maximum absolute atomic E-state index is 12.7. The normalized spacial score (nSPS) is 15.4. The third-order valence-electron chi connectivity index (χ3n) is 4.71. The Labute approximate surface area is 195 Å².